The van der Waals surface area contributed by atoms with Crippen LogP contribution >= 0.6 is 0 Å². The molecule has 0 aliphatic heterocycles. The third-order valence-electron chi connectivity index (χ3n) is 4.54. The van der Waals surface area contributed by atoms with Gasteiger partial charge in [0.25, 0.3) is 5.91 Å². The second kappa shape index (κ2) is 11.1. The van der Waals surface area contributed by atoms with E-state index in [1.54, 1.807) is 26.1 Å². The Bertz CT molecular complexity index is 833. The molecule has 0 fully saturated rings. The van der Waals surface area contributed by atoms with E-state index in [0.29, 0.717) is 18.7 Å². The first-order valence-corrected chi connectivity index (χ1v) is 9.88. The van der Waals surface area contributed by atoms with Crippen molar-refractivity contribution in [1.82, 2.24) is 15.1 Å². The number of nitrogens with zero attached hydrogens (tertiary/aromatic N) is 3. The number of hydrogen-bond donors (Lipinski definition) is 1. The second-order valence-corrected chi connectivity index (χ2v) is 7.05. The molecule has 1 amide bonds. The van der Waals surface area contributed by atoms with Crippen molar-refractivity contribution in [3.05, 3.63) is 65.2 Å². The predicted molar refractivity (Wildman–Crippen MR) is 119 cm³/mol. The van der Waals surface area contributed by atoms with E-state index in [1.165, 1.54) is 0 Å². The maximum absolute atomic E-state index is 12.2. The molecule has 0 atom stereocenters. The molecule has 0 heterocycles. The number of carbonyl (C=O) groups is 1. The summed E-state index contributed by atoms with van der Waals surface area (Å²) < 4.78 is 5.45. The number of carbonyl (C=O) groups excluding carboxylic acids is 1. The molecule has 1 N–H and O–H groups in total. The number of guanidine groups is 1. The number of nitrogens with one attached hydrogen (secondary N) is 1. The van der Waals surface area contributed by atoms with Crippen molar-refractivity contribution in [2.45, 2.75) is 19.9 Å². The summed E-state index contributed by atoms with van der Waals surface area (Å²) in [7, 11) is 7.23. The van der Waals surface area contributed by atoms with Gasteiger partial charge in [-0.2, -0.15) is 0 Å². The molecule has 2 aromatic rings. The highest BCUT2D eigenvalue weighted by atomic mass is 16.5. The van der Waals surface area contributed by atoms with Gasteiger partial charge in [-0.3, -0.25) is 9.79 Å². The van der Waals surface area contributed by atoms with Crippen LogP contribution in [0, 0.1) is 0 Å². The molecule has 0 saturated carbocycles. The van der Waals surface area contributed by atoms with Crippen LogP contribution < -0.4 is 10.1 Å². The van der Waals surface area contributed by atoms with Gasteiger partial charge in [-0.1, -0.05) is 30.3 Å². The molecule has 0 saturated heterocycles. The summed E-state index contributed by atoms with van der Waals surface area (Å²) in [6.45, 7) is 4.19. The number of aliphatic imine (C=N–C) groups is 1. The van der Waals surface area contributed by atoms with Gasteiger partial charge < -0.3 is 19.9 Å². The van der Waals surface area contributed by atoms with Crippen LogP contribution in [0.5, 0.6) is 5.75 Å². The quantitative estimate of drug-likeness (QED) is 0.550. The van der Waals surface area contributed by atoms with Gasteiger partial charge in [0.15, 0.2) is 5.96 Å². The summed E-state index contributed by atoms with van der Waals surface area (Å²) in [5.74, 6) is 1.73. The number of para-hydroxylation sites is 1. The van der Waals surface area contributed by atoms with Crippen LogP contribution in [0.15, 0.2) is 53.5 Å². The number of amides is 1. The molecule has 0 aliphatic carbocycles. The standard InChI is InChI=1S/C23H32N4O2/c1-6-24-23(27(4)17-20-11-7-8-13-21(20)29-5)25-15-14-18-10-9-12-19(16-18)22(28)26(2)3/h7-13,16H,6,14-15,17H2,1-5H3,(H,24,25). The SMILES string of the molecule is CCNC(=NCCc1cccc(C(=O)N(C)C)c1)N(C)Cc1ccccc1OC. The van der Waals surface area contributed by atoms with E-state index < -0.39 is 0 Å². The highest BCUT2D eigenvalue weighted by Crippen LogP contribution is 2.18. The van der Waals surface area contributed by atoms with E-state index in [4.69, 9.17) is 9.73 Å². The van der Waals surface area contributed by atoms with Crippen molar-refractivity contribution in [3.63, 3.8) is 0 Å². The average Bonchev–Trinajstić information content (AvgIpc) is 2.73. The molecule has 6 heteroatoms. The fraction of sp³-hybridized carbons (Fsp3) is 0.391. The number of hydrogen-bond acceptors (Lipinski definition) is 3. The zero-order valence-corrected chi connectivity index (χ0v) is 18.1. The predicted octanol–water partition coefficient (Wildman–Crippen LogP) is 3.04. The Balaban J connectivity index is 2.05. The minimum absolute atomic E-state index is 0.0141. The summed E-state index contributed by atoms with van der Waals surface area (Å²) in [5, 5.41) is 3.35. The van der Waals surface area contributed by atoms with Gasteiger partial charge in [0.2, 0.25) is 0 Å². The molecular formula is C23H32N4O2. The Kier molecular flexibility index (Phi) is 8.52. The van der Waals surface area contributed by atoms with E-state index in [2.05, 4.69) is 23.2 Å². The van der Waals surface area contributed by atoms with Gasteiger partial charge in [-0.15, -0.1) is 0 Å². The zero-order chi connectivity index (χ0) is 21.2. The van der Waals surface area contributed by atoms with Gasteiger partial charge in [0.05, 0.1) is 7.11 Å². The lowest BCUT2D eigenvalue weighted by molar-refractivity contribution is 0.0827. The Morgan fingerprint density at radius 2 is 1.86 bits per heavy atom. The average molecular weight is 397 g/mol. The van der Waals surface area contributed by atoms with E-state index in [1.807, 2.05) is 49.5 Å². The zero-order valence-electron chi connectivity index (χ0n) is 18.1. The lowest BCUT2D eigenvalue weighted by Gasteiger charge is -2.23. The number of methoxy groups -OCH3 is 1. The molecule has 0 aromatic heterocycles. The molecular weight excluding hydrogens is 364 g/mol. The third kappa shape index (κ3) is 6.52. The van der Waals surface area contributed by atoms with E-state index in [9.17, 15) is 4.79 Å². The summed E-state index contributed by atoms with van der Waals surface area (Å²) in [5.41, 5.74) is 2.92. The summed E-state index contributed by atoms with van der Waals surface area (Å²) in [4.78, 5) is 20.6. The lowest BCUT2D eigenvalue weighted by atomic mass is 10.1. The van der Waals surface area contributed by atoms with Crippen molar-refractivity contribution < 1.29 is 9.53 Å². The smallest absolute Gasteiger partial charge is 0.253 e. The molecule has 29 heavy (non-hydrogen) atoms. The maximum Gasteiger partial charge on any atom is 0.253 e. The van der Waals surface area contributed by atoms with Crippen molar-refractivity contribution in [1.29, 1.82) is 0 Å². The van der Waals surface area contributed by atoms with E-state index in [-0.39, 0.29) is 5.91 Å². The van der Waals surface area contributed by atoms with Gasteiger partial charge in [0.1, 0.15) is 5.75 Å². The number of rotatable bonds is 8. The van der Waals surface area contributed by atoms with Crippen LogP contribution in [0.1, 0.15) is 28.4 Å². The van der Waals surface area contributed by atoms with Crippen molar-refractivity contribution in [3.8, 4) is 5.75 Å². The van der Waals surface area contributed by atoms with Gasteiger partial charge in [-0.25, -0.2) is 0 Å². The fourth-order valence-corrected chi connectivity index (χ4v) is 3.04. The molecule has 0 radical (unpaired) electrons. The fourth-order valence-electron chi connectivity index (χ4n) is 3.04. The molecule has 6 nitrogen and oxygen atoms in total. The van der Waals surface area contributed by atoms with Crippen molar-refractivity contribution in [2.24, 2.45) is 4.99 Å². The van der Waals surface area contributed by atoms with Gasteiger partial charge in [0, 0.05) is 51.9 Å². The first-order valence-electron chi connectivity index (χ1n) is 9.88. The van der Waals surface area contributed by atoms with Gasteiger partial charge in [-0.05, 0) is 37.1 Å². The summed E-state index contributed by atoms with van der Waals surface area (Å²) in [6.07, 6.45) is 0.770. The Hall–Kier alpha value is -3.02. The van der Waals surface area contributed by atoms with Crippen LogP contribution in [0.25, 0.3) is 0 Å². The monoisotopic (exact) mass is 396 g/mol. The largest absolute Gasteiger partial charge is 0.496 e. The summed E-state index contributed by atoms with van der Waals surface area (Å²) in [6, 6.07) is 15.8. The highest BCUT2D eigenvalue weighted by Gasteiger charge is 2.10. The third-order valence-corrected chi connectivity index (χ3v) is 4.54. The molecule has 0 aliphatic rings. The van der Waals surface area contributed by atoms with Gasteiger partial charge >= 0.3 is 0 Å². The van der Waals surface area contributed by atoms with E-state index >= 15 is 0 Å². The van der Waals surface area contributed by atoms with E-state index in [0.717, 1.165) is 35.8 Å². The Morgan fingerprint density at radius 1 is 1.10 bits per heavy atom. The minimum atomic E-state index is 0.0141. The molecule has 2 aromatic carbocycles. The minimum Gasteiger partial charge on any atom is -0.496 e. The molecule has 0 unspecified atom stereocenters. The van der Waals surface area contributed by atoms with Crippen LogP contribution in [0.3, 0.4) is 0 Å². The van der Waals surface area contributed by atoms with Crippen molar-refractivity contribution >= 4 is 11.9 Å². The van der Waals surface area contributed by atoms with Crippen LogP contribution in [0.4, 0.5) is 0 Å². The second-order valence-electron chi connectivity index (χ2n) is 7.05. The van der Waals surface area contributed by atoms with Crippen LogP contribution in [-0.4, -0.2) is 63.0 Å². The first-order chi connectivity index (χ1) is 14.0. The highest BCUT2D eigenvalue weighted by molar-refractivity contribution is 5.94. The molecule has 2 rings (SSSR count). The van der Waals surface area contributed by atoms with Crippen LogP contribution in [0.2, 0.25) is 0 Å². The van der Waals surface area contributed by atoms with Crippen LogP contribution in [-0.2, 0) is 13.0 Å². The molecule has 0 spiro atoms. The normalized spacial score (nSPS) is 11.1. The molecule has 156 valence electrons. The molecule has 0 bridgehead atoms. The number of benzene rings is 2. The topological polar surface area (TPSA) is 57.2 Å². The Labute approximate surface area is 174 Å². The lowest BCUT2D eigenvalue weighted by Crippen LogP contribution is -2.38. The number of ether oxygens (including phenoxy) is 1. The summed E-state index contributed by atoms with van der Waals surface area (Å²) >= 11 is 0. The first kappa shape index (κ1) is 22.3. The van der Waals surface area contributed by atoms with Crippen molar-refractivity contribution in [2.75, 3.05) is 41.3 Å². The maximum atomic E-state index is 12.2. The Morgan fingerprint density at radius 3 is 2.55 bits per heavy atom.